The van der Waals surface area contributed by atoms with Gasteiger partial charge in [-0.1, -0.05) is 61.4 Å². The Kier molecular flexibility index (Phi) is 9.69. The van der Waals surface area contributed by atoms with Crippen LogP contribution in [-0.4, -0.2) is 58.9 Å². The van der Waals surface area contributed by atoms with Gasteiger partial charge in [0.1, 0.15) is 12.4 Å². The largest absolute Gasteiger partial charge is 0.491 e. The molecule has 0 saturated heterocycles. The first kappa shape index (κ1) is 26.4. The quantitative estimate of drug-likeness (QED) is 0.485. The van der Waals surface area contributed by atoms with Gasteiger partial charge < -0.3 is 14.5 Å². The maximum Gasteiger partial charge on any atom is 0.257 e. The van der Waals surface area contributed by atoms with Crippen molar-refractivity contribution in [2.45, 2.75) is 51.5 Å². The normalized spacial score (nSPS) is 17.4. The van der Waals surface area contributed by atoms with Gasteiger partial charge in [0.05, 0.1) is 18.0 Å². The molecule has 2 heterocycles. The average molecular weight is 500 g/mol. The van der Waals surface area contributed by atoms with Crippen LogP contribution in [0.2, 0.25) is 0 Å². The first-order valence-corrected chi connectivity index (χ1v) is 13.4. The molecule has 3 aromatic rings. The molecule has 4 rings (SSSR count). The van der Waals surface area contributed by atoms with Gasteiger partial charge in [0.15, 0.2) is 0 Å². The predicted molar refractivity (Wildman–Crippen MR) is 146 cm³/mol. The Labute approximate surface area is 220 Å². The number of ether oxygens (including phenoxy) is 1. The summed E-state index contributed by atoms with van der Waals surface area (Å²) in [7, 11) is 0. The minimum absolute atomic E-state index is 0.000668. The smallest absolute Gasteiger partial charge is 0.257 e. The van der Waals surface area contributed by atoms with E-state index in [1.165, 1.54) is 0 Å². The van der Waals surface area contributed by atoms with Crippen LogP contribution in [0.3, 0.4) is 0 Å². The van der Waals surface area contributed by atoms with Gasteiger partial charge in [-0.3, -0.25) is 14.6 Å². The van der Waals surface area contributed by atoms with Crippen LogP contribution >= 0.6 is 0 Å². The molecule has 1 aromatic heterocycles. The molecule has 6 heteroatoms. The van der Waals surface area contributed by atoms with Crippen molar-refractivity contribution in [3.8, 4) is 5.75 Å². The number of hydrogen-bond donors (Lipinski definition) is 0. The van der Waals surface area contributed by atoms with Gasteiger partial charge in [-0.15, -0.1) is 0 Å². The molecule has 0 bridgehead atoms. The number of nitrogens with zero attached hydrogens (tertiary/aromatic N) is 3. The summed E-state index contributed by atoms with van der Waals surface area (Å²) in [4.78, 5) is 35.1. The number of hydrogen-bond acceptors (Lipinski definition) is 4. The summed E-state index contributed by atoms with van der Waals surface area (Å²) in [5.74, 6) is 0.645. The molecule has 1 aliphatic heterocycles. The molecule has 0 unspecified atom stereocenters. The van der Waals surface area contributed by atoms with E-state index in [-0.39, 0.29) is 17.9 Å². The SMILES string of the molecule is CCN1CCCCCCN(C(=O)Cc2cccnc2)[C@@H](Cc2ccccc2)COc2ccccc2C1=O. The molecule has 2 aromatic carbocycles. The van der Waals surface area contributed by atoms with E-state index in [2.05, 4.69) is 17.1 Å². The van der Waals surface area contributed by atoms with Crippen LogP contribution in [0, 0.1) is 0 Å². The number of rotatable bonds is 5. The van der Waals surface area contributed by atoms with Crippen LogP contribution in [0.25, 0.3) is 0 Å². The third-order valence-corrected chi connectivity index (χ3v) is 6.95. The highest BCUT2D eigenvalue weighted by molar-refractivity contribution is 5.97. The number of amides is 2. The van der Waals surface area contributed by atoms with Gasteiger partial charge in [0, 0.05) is 32.0 Å². The lowest BCUT2D eigenvalue weighted by Crippen LogP contribution is -2.46. The Bertz CT molecular complexity index is 1140. The molecule has 194 valence electrons. The summed E-state index contributed by atoms with van der Waals surface area (Å²) >= 11 is 0. The Morgan fingerprint density at radius 3 is 2.41 bits per heavy atom. The molecule has 1 aliphatic rings. The van der Waals surface area contributed by atoms with E-state index in [0.29, 0.717) is 43.9 Å². The summed E-state index contributed by atoms with van der Waals surface area (Å²) in [6.07, 6.45) is 8.36. The molecule has 0 N–H and O–H groups in total. The Morgan fingerprint density at radius 2 is 1.65 bits per heavy atom. The number of benzene rings is 2. The number of aromatic nitrogens is 1. The number of carbonyl (C=O) groups is 2. The molecule has 1 atom stereocenters. The molecule has 6 nitrogen and oxygen atoms in total. The van der Waals surface area contributed by atoms with Crippen LogP contribution in [0.1, 0.15) is 54.1 Å². The number of fused-ring (bicyclic) bond motifs is 1. The number of carbonyl (C=O) groups excluding carboxylic acids is 2. The Balaban J connectivity index is 1.64. The topological polar surface area (TPSA) is 62.7 Å². The van der Waals surface area contributed by atoms with Crippen molar-refractivity contribution in [1.29, 1.82) is 0 Å². The van der Waals surface area contributed by atoms with Gasteiger partial charge in [-0.25, -0.2) is 0 Å². The predicted octanol–water partition coefficient (Wildman–Crippen LogP) is 5.18. The standard InChI is InChI=1S/C31H37N3O3/c1-2-33-19-10-3-4-11-20-34(30(35)22-26-15-12-18-32-23-26)27(21-25-13-6-5-7-14-25)24-37-29-17-9-8-16-28(29)31(33)36/h5-9,12-18,23,27H,2-4,10-11,19-22,24H2,1H3/t27-/m0/s1. The fraction of sp³-hybridized carbons (Fsp3) is 0.387. The Hall–Kier alpha value is -3.67. The summed E-state index contributed by atoms with van der Waals surface area (Å²) in [6.45, 7) is 4.40. The van der Waals surface area contributed by atoms with Crippen LogP contribution < -0.4 is 4.74 Å². The maximum atomic E-state index is 13.7. The summed E-state index contributed by atoms with van der Waals surface area (Å²) in [5.41, 5.74) is 2.63. The van der Waals surface area contributed by atoms with E-state index >= 15 is 0 Å². The summed E-state index contributed by atoms with van der Waals surface area (Å²) in [5, 5.41) is 0. The van der Waals surface area contributed by atoms with Gasteiger partial charge in [-0.05, 0) is 55.5 Å². The zero-order valence-corrected chi connectivity index (χ0v) is 21.7. The fourth-order valence-corrected chi connectivity index (χ4v) is 4.90. The second-order valence-electron chi connectivity index (χ2n) is 9.57. The average Bonchev–Trinajstić information content (AvgIpc) is 2.93. The molecule has 0 saturated carbocycles. The lowest BCUT2D eigenvalue weighted by Gasteiger charge is -2.33. The fourth-order valence-electron chi connectivity index (χ4n) is 4.90. The van der Waals surface area contributed by atoms with Crippen molar-refractivity contribution in [2.75, 3.05) is 26.2 Å². The van der Waals surface area contributed by atoms with Crippen molar-refractivity contribution < 1.29 is 14.3 Å². The lowest BCUT2D eigenvalue weighted by molar-refractivity contribution is -0.133. The maximum absolute atomic E-state index is 13.7. The molecule has 0 spiro atoms. The highest BCUT2D eigenvalue weighted by atomic mass is 16.5. The molecular formula is C31H37N3O3. The number of para-hydroxylation sites is 1. The first-order chi connectivity index (χ1) is 18.2. The van der Waals surface area contributed by atoms with E-state index < -0.39 is 0 Å². The molecule has 2 amide bonds. The van der Waals surface area contributed by atoms with Crippen molar-refractivity contribution in [1.82, 2.24) is 14.8 Å². The van der Waals surface area contributed by atoms with Gasteiger partial charge >= 0.3 is 0 Å². The van der Waals surface area contributed by atoms with Crippen molar-refractivity contribution in [2.24, 2.45) is 0 Å². The van der Waals surface area contributed by atoms with E-state index in [1.54, 1.807) is 12.4 Å². The third-order valence-electron chi connectivity index (χ3n) is 6.95. The van der Waals surface area contributed by atoms with Gasteiger partial charge in [0.2, 0.25) is 5.91 Å². The lowest BCUT2D eigenvalue weighted by atomic mass is 10.0. The van der Waals surface area contributed by atoms with E-state index in [4.69, 9.17) is 4.74 Å². The van der Waals surface area contributed by atoms with Crippen LogP contribution in [0.4, 0.5) is 0 Å². The first-order valence-electron chi connectivity index (χ1n) is 13.4. The monoisotopic (exact) mass is 499 g/mol. The van der Waals surface area contributed by atoms with Crippen LogP contribution in [0.15, 0.2) is 79.1 Å². The second kappa shape index (κ2) is 13.6. The van der Waals surface area contributed by atoms with Crippen molar-refractivity contribution >= 4 is 11.8 Å². The van der Waals surface area contributed by atoms with E-state index in [1.807, 2.05) is 71.3 Å². The van der Waals surface area contributed by atoms with Crippen LogP contribution in [-0.2, 0) is 17.6 Å². The van der Waals surface area contributed by atoms with Crippen molar-refractivity contribution in [3.05, 3.63) is 95.8 Å². The minimum Gasteiger partial charge on any atom is -0.491 e. The number of pyridine rings is 1. The molecule has 37 heavy (non-hydrogen) atoms. The zero-order chi connectivity index (χ0) is 25.9. The highest BCUT2D eigenvalue weighted by Crippen LogP contribution is 2.23. The summed E-state index contributed by atoms with van der Waals surface area (Å²) in [6, 6.07) is 21.3. The zero-order valence-electron chi connectivity index (χ0n) is 21.7. The van der Waals surface area contributed by atoms with Gasteiger partial charge in [0.25, 0.3) is 5.91 Å². The highest BCUT2D eigenvalue weighted by Gasteiger charge is 2.26. The summed E-state index contributed by atoms with van der Waals surface area (Å²) < 4.78 is 6.36. The molecule has 0 aliphatic carbocycles. The molecule has 0 radical (unpaired) electrons. The van der Waals surface area contributed by atoms with E-state index in [9.17, 15) is 9.59 Å². The van der Waals surface area contributed by atoms with Gasteiger partial charge in [-0.2, -0.15) is 0 Å². The molecular weight excluding hydrogens is 462 g/mol. The van der Waals surface area contributed by atoms with Crippen LogP contribution in [0.5, 0.6) is 5.75 Å². The Morgan fingerprint density at radius 1 is 0.919 bits per heavy atom. The van der Waals surface area contributed by atoms with E-state index in [0.717, 1.165) is 43.4 Å². The van der Waals surface area contributed by atoms with Crippen molar-refractivity contribution in [3.63, 3.8) is 0 Å². The minimum atomic E-state index is -0.167. The molecule has 0 fully saturated rings. The second-order valence-corrected chi connectivity index (χ2v) is 9.57. The third kappa shape index (κ3) is 7.42.